The van der Waals surface area contributed by atoms with Crippen molar-refractivity contribution >= 4 is 17.9 Å². The molecule has 1 atom stereocenters. The fraction of sp³-hybridized carbons (Fsp3) is 0.235. The Morgan fingerprint density at radius 3 is 2.50 bits per heavy atom. The molecule has 0 saturated carbocycles. The first-order valence-corrected chi connectivity index (χ1v) is 7.04. The molecule has 104 valence electrons. The van der Waals surface area contributed by atoms with E-state index in [1.807, 2.05) is 12.1 Å². The van der Waals surface area contributed by atoms with Crippen LogP contribution in [0.5, 0.6) is 11.5 Å². The second-order valence-corrected chi connectivity index (χ2v) is 5.22. The first-order valence-electron chi connectivity index (χ1n) is 6.66. The molecule has 20 heavy (non-hydrogen) atoms. The minimum absolute atomic E-state index is 0.476. The summed E-state index contributed by atoms with van der Waals surface area (Å²) >= 11 is 5.93. The van der Waals surface area contributed by atoms with Crippen LogP contribution in [0, 0.1) is 0 Å². The van der Waals surface area contributed by atoms with Crippen LogP contribution in [-0.2, 0) is 0 Å². The van der Waals surface area contributed by atoms with Gasteiger partial charge in [-0.05, 0) is 42.2 Å². The third-order valence-corrected chi connectivity index (χ3v) is 3.63. The molecule has 0 N–H and O–H groups in total. The second-order valence-electron chi connectivity index (χ2n) is 4.78. The summed E-state index contributed by atoms with van der Waals surface area (Å²) in [4.78, 5) is 11.0. The number of benzene rings is 2. The first-order chi connectivity index (χ1) is 9.63. The number of carbonyl (C=O) groups excluding carboxylic acids is 1. The summed E-state index contributed by atoms with van der Waals surface area (Å²) in [5, 5.41) is 0.543. The molecule has 0 aliphatic rings. The summed E-state index contributed by atoms with van der Waals surface area (Å²) in [6, 6.07) is 12.9. The standard InChI is InChI=1S/C17H17ClO2/c1-3-12(2)13-5-8-16(9-6-13)20-17-10-15(18)7-4-14(17)11-19/h4-12H,3H2,1-2H3. The lowest BCUT2D eigenvalue weighted by Crippen LogP contribution is -1.93. The van der Waals surface area contributed by atoms with E-state index in [9.17, 15) is 4.79 Å². The van der Waals surface area contributed by atoms with Gasteiger partial charge in [0.2, 0.25) is 0 Å². The van der Waals surface area contributed by atoms with Crippen molar-refractivity contribution in [2.24, 2.45) is 0 Å². The van der Waals surface area contributed by atoms with E-state index < -0.39 is 0 Å². The zero-order valence-electron chi connectivity index (χ0n) is 11.6. The van der Waals surface area contributed by atoms with E-state index in [1.165, 1.54) is 5.56 Å². The number of aldehydes is 1. The molecule has 2 rings (SSSR count). The molecule has 0 fully saturated rings. The van der Waals surface area contributed by atoms with Crippen LogP contribution in [0.25, 0.3) is 0 Å². The maximum Gasteiger partial charge on any atom is 0.153 e. The molecule has 2 aromatic rings. The molecule has 0 radical (unpaired) electrons. The Bertz CT molecular complexity index is 590. The van der Waals surface area contributed by atoms with Gasteiger partial charge in [-0.25, -0.2) is 0 Å². The lowest BCUT2D eigenvalue weighted by Gasteiger charge is -2.11. The molecular weight excluding hydrogens is 272 g/mol. The number of rotatable bonds is 5. The lowest BCUT2D eigenvalue weighted by molar-refractivity contribution is 0.112. The minimum Gasteiger partial charge on any atom is -0.457 e. The van der Waals surface area contributed by atoms with Crippen molar-refractivity contribution in [1.82, 2.24) is 0 Å². The highest BCUT2D eigenvalue weighted by Crippen LogP contribution is 2.29. The molecule has 2 nitrogen and oxygen atoms in total. The largest absolute Gasteiger partial charge is 0.457 e. The second kappa shape index (κ2) is 6.58. The highest BCUT2D eigenvalue weighted by Gasteiger charge is 2.07. The first kappa shape index (κ1) is 14.6. The van der Waals surface area contributed by atoms with Gasteiger partial charge in [0.25, 0.3) is 0 Å². The molecule has 0 saturated heterocycles. The van der Waals surface area contributed by atoms with Gasteiger partial charge >= 0.3 is 0 Å². The minimum atomic E-state index is 0.476. The zero-order chi connectivity index (χ0) is 14.5. The van der Waals surface area contributed by atoms with Crippen LogP contribution in [0.3, 0.4) is 0 Å². The summed E-state index contributed by atoms with van der Waals surface area (Å²) in [7, 11) is 0. The fourth-order valence-electron chi connectivity index (χ4n) is 1.92. The third kappa shape index (κ3) is 3.40. The van der Waals surface area contributed by atoms with E-state index in [0.29, 0.717) is 28.0 Å². The van der Waals surface area contributed by atoms with Gasteiger partial charge in [-0.2, -0.15) is 0 Å². The summed E-state index contributed by atoms with van der Waals surface area (Å²) < 4.78 is 5.73. The molecule has 0 aliphatic heterocycles. The predicted molar refractivity (Wildman–Crippen MR) is 82.1 cm³/mol. The average molecular weight is 289 g/mol. The van der Waals surface area contributed by atoms with Gasteiger partial charge in [0.15, 0.2) is 6.29 Å². The van der Waals surface area contributed by atoms with Crippen molar-refractivity contribution < 1.29 is 9.53 Å². The average Bonchev–Trinajstić information content (AvgIpc) is 2.47. The number of carbonyl (C=O) groups is 1. The van der Waals surface area contributed by atoms with E-state index in [-0.39, 0.29) is 0 Å². The van der Waals surface area contributed by atoms with Crippen molar-refractivity contribution in [2.75, 3.05) is 0 Å². The quantitative estimate of drug-likeness (QED) is 0.683. The normalized spacial score (nSPS) is 11.9. The molecule has 0 heterocycles. The molecule has 2 aromatic carbocycles. The monoisotopic (exact) mass is 288 g/mol. The number of ether oxygens (including phenoxy) is 1. The molecule has 3 heteroatoms. The van der Waals surface area contributed by atoms with Gasteiger partial charge in [-0.3, -0.25) is 4.79 Å². The molecule has 0 amide bonds. The maximum atomic E-state index is 11.0. The Labute approximate surface area is 124 Å². The van der Waals surface area contributed by atoms with Crippen LogP contribution in [0.15, 0.2) is 42.5 Å². The summed E-state index contributed by atoms with van der Waals surface area (Å²) in [6.45, 7) is 4.36. The molecule has 0 aliphatic carbocycles. The van der Waals surface area contributed by atoms with Gasteiger partial charge in [0.05, 0.1) is 5.56 Å². The summed E-state index contributed by atoms with van der Waals surface area (Å²) in [5.74, 6) is 1.70. The number of hydrogen-bond acceptors (Lipinski definition) is 2. The summed E-state index contributed by atoms with van der Waals surface area (Å²) in [6.07, 6.45) is 1.86. The van der Waals surface area contributed by atoms with E-state index >= 15 is 0 Å². The van der Waals surface area contributed by atoms with Gasteiger partial charge < -0.3 is 4.74 Å². The van der Waals surface area contributed by atoms with E-state index in [2.05, 4.69) is 26.0 Å². The molecule has 0 spiro atoms. The maximum absolute atomic E-state index is 11.0. The number of halogens is 1. The lowest BCUT2D eigenvalue weighted by atomic mass is 9.99. The Morgan fingerprint density at radius 2 is 1.90 bits per heavy atom. The smallest absolute Gasteiger partial charge is 0.153 e. The van der Waals surface area contributed by atoms with Crippen molar-refractivity contribution in [2.45, 2.75) is 26.2 Å². The third-order valence-electron chi connectivity index (χ3n) is 3.39. The van der Waals surface area contributed by atoms with Crippen molar-refractivity contribution in [1.29, 1.82) is 0 Å². The highest BCUT2D eigenvalue weighted by molar-refractivity contribution is 6.30. The Kier molecular flexibility index (Phi) is 4.80. The van der Waals surface area contributed by atoms with E-state index in [4.69, 9.17) is 16.3 Å². The van der Waals surface area contributed by atoms with Crippen LogP contribution in [0.1, 0.15) is 42.1 Å². The Balaban J connectivity index is 2.22. The topological polar surface area (TPSA) is 26.3 Å². The highest BCUT2D eigenvalue weighted by atomic mass is 35.5. The van der Waals surface area contributed by atoms with E-state index in [1.54, 1.807) is 18.2 Å². The molecule has 1 unspecified atom stereocenters. The SMILES string of the molecule is CCC(C)c1ccc(Oc2cc(Cl)ccc2C=O)cc1. The van der Waals surface area contributed by atoms with Crippen molar-refractivity contribution in [3.8, 4) is 11.5 Å². The van der Waals surface area contributed by atoms with Crippen LogP contribution in [-0.4, -0.2) is 6.29 Å². The Hall–Kier alpha value is -1.80. The van der Waals surface area contributed by atoms with Gasteiger partial charge in [0, 0.05) is 11.1 Å². The molecule has 0 aromatic heterocycles. The zero-order valence-corrected chi connectivity index (χ0v) is 12.4. The Morgan fingerprint density at radius 1 is 1.20 bits per heavy atom. The molecular formula is C17H17ClO2. The van der Waals surface area contributed by atoms with Crippen LogP contribution >= 0.6 is 11.6 Å². The fourth-order valence-corrected chi connectivity index (χ4v) is 2.08. The van der Waals surface area contributed by atoms with Crippen LogP contribution < -0.4 is 4.74 Å². The number of hydrogen-bond donors (Lipinski definition) is 0. The van der Waals surface area contributed by atoms with Crippen LogP contribution in [0.2, 0.25) is 5.02 Å². The van der Waals surface area contributed by atoms with Crippen LogP contribution in [0.4, 0.5) is 0 Å². The van der Waals surface area contributed by atoms with Gasteiger partial charge in [-0.15, -0.1) is 0 Å². The molecule has 0 bridgehead atoms. The van der Waals surface area contributed by atoms with Crippen molar-refractivity contribution in [3.63, 3.8) is 0 Å². The predicted octanol–water partition coefficient (Wildman–Crippen LogP) is 5.46. The van der Waals surface area contributed by atoms with Gasteiger partial charge in [0.1, 0.15) is 11.5 Å². The summed E-state index contributed by atoms with van der Waals surface area (Å²) in [5.41, 5.74) is 1.77. The van der Waals surface area contributed by atoms with E-state index in [0.717, 1.165) is 12.7 Å². The van der Waals surface area contributed by atoms with Crippen molar-refractivity contribution in [3.05, 3.63) is 58.6 Å². The van der Waals surface area contributed by atoms with Gasteiger partial charge in [-0.1, -0.05) is 37.6 Å².